The molecule has 2 heteroatoms. The lowest BCUT2D eigenvalue weighted by molar-refractivity contribution is 0.325. The maximum absolute atomic E-state index is 6.33. The van der Waals surface area contributed by atoms with Gasteiger partial charge in [0.2, 0.25) is 0 Å². The number of nitrogens with zero attached hydrogens (tertiary/aromatic N) is 1. The van der Waals surface area contributed by atoms with Crippen LogP contribution in [-0.4, -0.2) is 4.98 Å². The lowest BCUT2D eigenvalue weighted by Gasteiger charge is -2.32. The lowest BCUT2D eigenvalue weighted by atomic mass is 9.72. The highest BCUT2D eigenvalue weighted by Crippen LogP contribution is 2.43. The molecule has 0 N–H and O–H groups in total. The van der Waals surface area contributed by atoms with Crippen molar-refractivity contribution >= 4 is 21.9 Å². The van der Waals surface area contributed by atoms with Gasteiger partial charge in [0, 0.05) is 22.5 Å². The monoisotopic (exact) mass is 431 g/mol. The van der Waals surface area contributed by atoms with Gasteiger partial charge >= 0.3 is 0 Å². The minimum atomic E-state index is 0.153. The number of rotatable bonds is 4. The molecular formula is C31H29NO. The Morgan fingerprint density at radius 3 is 2.36 bits per heavy atom. The van der Waals surface area contributed by atoms with Crippen molar-refractivity contribution in [2.24, 2.45) is 5.92 Å². The topological polar surface area (TPSA) is 26.0 Å². The molecule has 0 amide bonds. The highest BCUT2D eigenvalue weighted by atomic mass is 16.3. The van der Waals surface area contributed by atoms with Gasteiger partial charge in [-0.05, 0) is 71.2 Å². The van der Waals surface area contributed by atoms with Crippen molar-refractivity contribution in [2.45, 2.75) is 44.9 Å². The highest BCUT2D eigenvalue weighted by molar-refractivity contribution is 6.13. The molecule has 0 radical (unpaired) electrons. The Labute approximate surface area is 195 Å². The van der Waals surface area contributed by atoms with Crippen LogP contribution in [0.4, 0.5) is 0 Å². The second kappa shape index (κ2) is 7.88. The number of aromatic nitrogens is 1. The first-order valence-electron chi connectivity index (χ1n) is 12.1. The molecule has 0 spiro atoms. The second-order valence-corrected chi connectivity index (χ2v) is 9.99. The Balaban J connectivity index is 1.55. The molecule has 164 valence electrons. The summed E-state index contributed by atoms with van der Waals surface area (Å²) in [6.07, 6.45) is 7.35. The molecule has 2 nitrogen and oxygen atoms in total. The van der Waals surface area contributed by atoms with E-state index in [1.165, 1.54) is 47.8 Å². The number of fused-ring (bicyclic) bond motifs is 3. The summed E-state index contributed by atoms with van der Waals surface area (Å²) in [5, 5.41) is 2.32. The molecule has 33 heavy (non-hydrogen) atoms. The van der Waals surface area contributed by atoms with Crippen molar-refractivity contribution in [2.75, 3.05) is 0 Å². The Bertz CT molecular complexity index is 1440. The maximum atomic E-state index is 6.33. The minimum absolute atomic E-state index is 0.153. The molecule has 0 unspecified atom stereocenters. The van der Waals surface area contributed by atoms with E-state index in [9.17, 15) is 0 Å². The van der Waals surface area contributed by atoms with Gasteiger partial charge in [-0.15, -0.1) is 0 Å². The zero-order chi connectivity index (χ0) is 22.4. The smallest absolute Gasteiger partial charge is 0.136 e. The first-order valence-corrected chi connectivity index (χ1v) is 12.1. The molecule has 1 aliphatic rings. The molecule has 0 atom stereocenters. The Hall–Kier alpha value is -3.39. The van der Waals surface area contributed by atoms with E-state index in [0.717, 1.165) is 33.7 Å². The Morgan fingerprint density at radius 2 is 1.55 bits per heavy atom. The minimum Gasteiger partial charge on any atom is -0.456 e. The number of furan rings is 1. The van der Waals surface area contributed by atoms with Gasteiger partial charge in [0.05, 0.1) is 5.69 Å². The summed E-state index contributed by atoms with van der Waals surface area (Å²) in [4.78, 5) is 4.80. The molecule has 1 fully saturated rings. The molecular weight excluding hydrogens is 402 g/mol. The fraction of sp³-hybridized carbons (Fsp3) is 0.258. The summed E-state index contributed by atoms with van der Waals surface area (Å²) in [7, 11) is 0. The molecule has 0 saturated heterocycles. The van der Waals surface area contributed by atoms with Gasteiger partial charge in [-0.1, -0.05) is 75.2 Å². The van der Waals surface area contributed by atoms with Crippen LogP contribution in [0.3, 0.4) is 0 Å². The van der Waals surface area contributed by atoms with Crippen LogP contribution in [-0.2, 0) is 5.41 Å². The number of para-hydroxylation sites is 1. The summed E-state index contributed by atoms with van der Waals surface area (Å²) in [6.45, 7) is 4.81. The highest BCUT2D eigenvalue weighted by Gasteiger charge is 2.33. The third kappa shape index (κ3) is 3.45. The SMILES string of the molecule is CC(C)(c1ccnc(-c2cc(-c3ccccc3)c3c(c2)oc2ccccc23)c1)C1CCCC1. The van der Waals surface area contributed by atoms with Crippen LogP contribution in [0.5, 0.6) is 0 Å². The zero-order valence-corrected chi connectivity index (χ0v) is 19.3. The van der Waals surface area contributed by atoms with Crippen LogP contribution in [0.15, 0.2) is 89.5 Å². The summed E-state index contributed by atoms with van der Waals surface area (Å²) in [5.74, 6) is 0.741. The Kier molecular flexibility index (Phi) is 4.83. The lowest BCUT2D eigenvalue weighted by Crippen LogP contribution is -2.26. The number of hydrogen-bond acceptors (Lipinski definition) is 2. The van der Waals surface area contributed by atoms with Crippen LogP contribution in [0.1, 0.15) is 45.1 Å². The number of benzene rings is 3. The van der Waals surface area contributed by atoms with E-state index in [2.05, 4.69) is 80.6 Å². The van der Waals surface area contributed by atoms with Gasteiger partial charge in [-0.3, -0.25) is 4.98 Å². The summed E-state index contributed by atoms with van der Waals surface area (Å²) >= 11 is 0. The average Bonchev–Trinajstić information content (AvgIpc) is 3.53. The largest absolute Gasteiger partial charge is 0.456 e. The van der Waals surface area contributed by atoms with Gasteiger partial charge in [0.1, 0.15) is 11.2 Å². The maximum Gasteiger partial charge on any atom is 0.136 e. The van der Waals surface area contributed by atoms with Crippen LogP contribution in [0.2, 0.25) is 0 Å². The van der Waals surface area contributed by atoms with E-state index in [1.54, 1.807) is 0 Å². The normalized spacial score (nSPS) is 15.0. The molecule has 5 aromatic rings. The first-order chi connectivity index (χ1) is 16.1. The quantitative estimate of drug-likeness (QED) is 0.284. The molecule has 1 aliphatic carbocycles. The standard InChI is InChI=1S/C31H29NO/c1-31(2,23-12-6-7-13-23)24-16-17-32-27(20-24)22-18-26(21-10-4-3-5-11-21)30-25-14-8-9-15-28(25)33-29(30)19-22/h3-5,8-11,14-20,23H,6-7,12-13H2,1-2H3. The van der Waals surface area contributed by atoms with Crippen molar-refractivity contribution < 1.29 is 4.42 Å². The van der Waals surface area contributed by atoms with E-state index >= 15 is 0 Å². The molecule has 1 saturated carbocycles. The van der Waals surface area contributed by atoms with Crippen molar-refractivity contribution in [1.29, 1.82) is 0 Å². The van der Waals surface area contributed by atoms with E-state index < -0.39 is 0 Å². The van der Waals surface area contributed by atoms with Crippen molar-refractivity contribution in [3.8, 4) is 22.4 Å². The van der Waals surface area contributed by atoms with Gasteiger partial charge in [-0.2, -0.15) is 0 Å². The predicted octanol–water partition coefficient (Wildman–Crippen LogP) is 8.78. The van der Waals surface area contributed by atoms with Gasteiger partial charge < -0.3 is 4.42 Å². The predicted molar refractivity (Wildman–Crippen MR) is 137 cm³/mol. The van der Waals surface area contributed by atoms with Crippen LogP contribution < -0.4 is 0 Å². The van der Waals surface area contributed by atoms with E-state index in [0.29, 0.717) is 0 Å². The van der Waals surface area contributed by atoms with Gasteiger partial charge in [0.15, 0.2) is 0 Å². The molecule has 6 rings (SSSR count). The van der Waals surface area contributed by atoms with E-state index in [1.807, 2.05) is 18.3 Å². The molecule has 0 aliphatic heterocycles. The summed E-state index contributed by atoms with van der Waals surface area (Å²) in [6, 6.07) is 27.9. The number of pyridine rings is 1. The van der Waals surface area contributed by atoms with Crippen LogP contribution in [0, 0.1) is 5.92 Å². The molecule has 3 aromatic carbocycles. The third-order valence-electron chi connectivity index (χ3n) is 7.74. The fourth-order valence-electron chi connectivity index (χ4n) is 5.72. The molecule has 2 aromatic heterocycles. The zero-order valence-electron chi connectivity index (χ0n) is 19.3. The summed E-state index contributed by atoms with van der Waals surface area (Å²) in [5.41, 5.74) is 7.86. The Morgan fingerprint density at radius 1 is 0.788 bits per heavy atom. The first kappa shape index (κ1) is 20.2. The van der Waals surface area contributed by atoms with Crippen molar-refractivity contribution in [3.63, 3.8) is 0 Å². The third-order valence-corrected chi connectivity index (χ3v) is 7.74. The van der Waals surface area contributed by atoms with Crippen molar-refractivity contribution in [3.05, 3.63) is 90.6 Å². The average molecular weight is 432 g/mol. The fourth-order valence-corrected chi connectivity index (χ4v) is 5.72. The van der Waals surface area contributed by atoms with Gasteiger partial charge in [-0.25, -0.2) is 0 Å². The van der Waals surface area contributed by atoms with Crippen LogP contribution in [0.25, 0.3) is 44.3 Å². The number of hydrogen-bond donors (Lipinski definition) is 0. The van der Waals surface area contributed by atoms with Crippen LogP contribution >= 0.6 is 0 Å². The molecule has 2 heterocycles. The second-order valence-electron chi connectivity index (χ2n) is 9.99. The van der Waals surface area contributed by atoms with Gasteiger partial charge in [0.25, 0.3) is 0 Å². The molecule has 0 bridgehead atoms. The summed E-state index contributed by atoms with van der Waals surface area (Å²) < 4.78 is 6.33. The van der Waals surface area contributed by atoms with E-state index in [-0.39, 0.29) is 5.41 Å². The van der Waals surface area contributed by atoms with E-state index in [4.69, 9.17) is 9.40 Å². The van der Waals surface area contributed by atoms with Crippen molar-refractivity contribution in [1.82, 2.24) is 4.98 Å².